The van der Waals surface area contributed by atoms with Gasteiger partial charge in [0.25, 0.3) is 0 Å². The number of hydrogen-bond donors (Lipinski definition) is 1. The van der Waals surface area contributed by atoms with Crippen molar-refractivity contribution >= 4 is 0 Å². The van der Waals surface area contributed by atoms with Gasteiger partial charge in [0.15, 0.2) is 0 Å². The average Bonchev–Trinajstić information content (AvgIpc) is 2.33. The molecule has 0 radical (unpaired) electrons. The van der Waals surface area contributed by atoms with Gasteiger partial charge in [0, 0.05) is 18.0 Å². The monoisotopic (exact) mass is 218 g/mol. The molecule has 0 amide bonds. The first-order valence-electron chi connectivity index (χ1n) is 4.87. The van der Waals surface area contributed by atoms with Crippen LogP contribution in [0, 0.1) is 12.7 Å². The highest BCUT2D eigenvalue weighted by molar-refractivity contribution is 5.30. The third-order valence-corrected chi connectivity index (χ3v) is 2.39. The van der Waals surface area contributed by atoms with E-state index in [9.17, 15) is 9.50 Å². The van der Waals surface area contributed by atoms with Crippen molar-refractivity contribution in [3.05, 3.63) is 59.4 Å². The lowest BCUT2D eigenvalue weighted by Crippen LogP contribution is -2.01. The first-order valence-corrected chi connectivity index (χ1v) is 4.87. The first-order chi connectivity index (χ1) is 7.68. The topological polar surface area (TPSA) is 46.0 Å². The minimum absolute atomic E-state index is 0.278. The molecule has 1 unspecified atom stereocenters. The molecule has 2 rings (SSSR count). The predicted molar refractivity (Wildman–Crippen MR) is 57.2 cm³/mol. The fraction of sp³-hybridized carbons (Fsp3) is 0.167. The van der Waals surface area contributed by atoms with Crippen LogP contribution in [0.2, 0.25) is 0 Å². The molecule has 3 nitrogen and oxygen atoms in total. The molecule has 1 N–H and O–H groups in total. The Morgan fingerprint density at radius 3 is 2.50 bits per heavy atom. The number of halogens is 1. The van der Waals surface area contributed by atoms with E-state index in [2.05, 4.69) is 9.97 Å². The summed E-state index contributed by atoms with van der Waals surface area (Å²) < 4.78 is 13.1. The fourth-order valence-electron chi connectivity index (χ4n) is 1.48. The lowest BCUT2D eigenvalue weighted by Gasteiger charge is -2.11. The van der Waals surface area contributed by atoms with Gasteiger partial charge in [-0.2, -0.15) is 0 Å². The van der Waals surface area contributed by atoms with E-state index in [1.54, 1.807) is 19.1 Å². The standard InChI is InChI=1S/C12H11FN2O/c1-8-4-9(2-3-11(8)13)12(16)10-5-14-7-15-6-10/h2-7,12,16H,1H3. The Morgan fingerprint density at radius 2 is 1.88 bits per heavy atom. The summed E-state index contributed by atoms with van der Waals surface area (Å²) in [6, 6.07) is 4.52. The van der Waals surface area contributed by atoms with Crippen molar-refractivity contribution in [1.82, 2.24) is 9.97 Å². The van der Waals surface area contributed by atoms with E-state index in [4.69, 9.17) is 0 Å². The van der Waals surface area contributed by atoms with Gasteiger partial charge in [0.1, 0.15) is 18.2 Å². The van der Waals surface area contributed by atoms with E-state index >= 15 is 0 Å². The zero-order valence-corrected chi connectivity index (χ0v) is 8.76. The van der Waals surface area contributed by atoms with E-state index in [0.29, 0.717) is 16.7 Å². The van der Waals surface area contributed by atoms with Crippen molar-refractivity contribution in [2.75, 3.05) is 0 Å². The summed E-state index contributed by atoms with van der Waals surface area (Å²) in [5, 5.41) is 10.0. The summed E-state index contributed by atoms with van der Waals surface area (Å²) in [5.74, 6) is -0.278. The summed E-state index contributed by atoms with van der Waals surface area (Å²) in [6.45, 7) is 1.66. The van der Waals surface area contributed by atoms with Crippen molar-refractivity contribution in [2.45, 2.75) is 13.0 Å². The minimum atomic E-state index is -0.819. The van der Waals surface area contributed by atoms with Crippen LogP contribution in [0.4, 0.5) is 4.39 Å². The van der Waals surface area contributed by atoms with Crippen molar-refractivity contribution < 1.29 is 9.50 Å². The maximum Gasteiger partial charge on any atom is 0.126 e. The van der Waals surface area contributed by atoms with E-state index in [-0.39, 0.29) is 5.82 Å². The number of nitrogens with zero attached hydrogens (tertiary/aromatic N) is 2. The van der Waals surface area contributed by atoms with Gasteiger partial charge in [-0.3, -0.25) is 0 Å². The molecule has 1 aromatic heterocycles. The molecule has 0 spiro atoms. The van der Waals surface area contributed by atoms with Crippen LogP contribution in [-0.2, 0) is 0 Å². The molecule has 1 heterocycles. The molecule has 2 aromatic rings. The molecular weight excluding hydrogens is 207 g/mol. The average molecular weight is 218 g/mol. The molecule has 4 heteroatoms. The third kappa shape index (κ3) is 2.06. The molecule has 0 saturated carbocycles. The van der Waals surface area contributed by atoms with E-state index in [0.717, 1.165) is 0 Å². The Kier molecular flexibility index (Phi) is 2.92. The Bertz CT molecular complexity index is 488. The van der Waals surface area contributed by atoms with Gasteiger partial charge in [0.05, 0.1) is 0 Å². The van der Waals surface area contributed by atoms with Crippen LogP contribution in [0.5, 0.6) is 0 Å². The van der Waals surface area contributed by atoms with Gasteiger partial charge < -0.3 is 5.11 Å². The maximum absolute atomic E-state index is 13.1. The number of rotatable bonds is 2. The highest BCUT2D eigenvalue weighted by Crippen LogP contribution is 2.22. The van der Waals surface area contributed by atoms with Crippen molar-refractivity contribution in [2.24, 2.45) is 0 Å². The summed E-state index contributed by atoms with van der Waals surface area (Å²) in [4.78, 5) is 7.65. The number of aryl methyl sites for hydroxylation is 1. The molecule has 82 valence electrons. The quantitative estimate of drug-likeness (QED) is 0.838. The van der Waals surface area contributed by atoms with Crippen molar-refractivity contribution in [3.63, 3.8) is 0 Å². The molecule has 1 aromatic carbocycles. The van der Waals surface area contributed by atoms with Gasteiger partial charge in [0.2, 0.25) is 0 Å². The van der Waals surface area contributed by atoms with E-state index in [1.165, 1.54) is 24.8 Å². The first kappa shape index (κ1) is 10.7. The lowest BCUT2D eigenvalue weighted by atomic mass is 10.0. The van der Waals surface area contributed by atoms with Crippen LogP contribution in [0.3, 0.4) is 0 Å². The highest BCUT2D eigenvalue weighted by Gasteiger charge is 2.11. The molecule has 0 aliphatic carbocycles. The second-order valence-corrected chi connectivity index (χ2v) is 3.58. The number of hydrogen-bond acceptors (Lipinski definition) is 3. The van der Waals surface area contributed by atoms with Gasteiger partial charge in [-0.1, -0.05) is 12.1 Å². The predicted octanol–water partition coefficient (Wildman–Crippen LogP) is 2.01. The summed E-state index contributed by atoms with van der Waals surface area (Å²) >= 11 is 0. The molecular formula is C12H11FN2O. The normalized spacial score (nSPS) is 12.4. The van der Waals surface area contributed by atoms with Crippen LogP contribution in [0.1, 0.15) is 22.8 Å². The third-order valence-electron chi connectivity index (χ3n) is 2.39. The number of aliphatic hydroxyl groups is 1. The molecule has 0 saturated heterocycles. The summed E-state index contributed by atoms with van der Waals surface area (Å²) in [7, 11) is 0. The van der Waals surface area contributed by atoms with Gasteiger partial charge in [-0.15, -0.1) is 0 Å². The number of benzene rings is 1. The van der Waals surface area contributed by atoms with Crippen LogP contribution < -0.4 is 0 Å². The maximum atomic E-state index is 13.1. The largest absolute Gasteiger partial charge is 0.384 e. The van der Waals surface area contributed by atoms with Gasteiger partial charge in [-0.05, 0) is 24.1 Å². The van der Waals surface area contributed by atoms with Crippen molar-refractivity contribution in [3.8, 4) is 0 Å². The summed E-state index contributed by atoms with van der Waals surface area (Å²) in [5.41, 5.74) is 1.73. The highest BCUT2D eigenvalue weighted by atomic mass is 19.1. The van der Waals surface area contributed by atoms with Crippen LogP contribution in [-0.4, -0.2) is 15.1 Å². The Hall–Kier alpha value is -1.81. The second-order valence-electron chi connectivity index (χ2n) is 3.58. The van der Waals surface area contributed by atoms with E-state index in [1.807, 2.05) is 0 Å². The Balaban J connectivity index is 2.34. The molecule has 16 heavy (non-hydrogen) atoms. The Labute approximate surface area is 92.6 Å². The number of aliphatic hydroxyl groups excluding tert-OH is 1. The van der Waals surface area contributed by atoms with Crippen LogP contribution in [0.15, 0.2) is 36.9 Å². The molecule has 1 atom stereocenters. The minimum Gasteiger partial charge on any atom is -0.384 e. The number of aromatic nitrogens is 2. The second kappa shape index (κ2) is 4.37. The lowest BCUT2D eigenvalue weighted by molar-refractivity contribution is 0.219. The molecule has 0 aliphatic heterocycles. The van der Waals surface area contributed by atoms with Gasteiger partial charge >= 0.3 is 0 Å². The van der Waals surface area contributed by atoms with Crippen LogP contribution in [0.25, 0.3) is 0 Å². The fourth-order valence-corrected chi connectivity index (χ4v) is 1.48. The SMILES string of the molecule is Cc1cc(C(O)c2cncnc2)ccc1F. The van der Waals surface area contributed by atoms with Gasteiger partial charge in [-0.25, -0.2) is 14.4 Å². The smallest absolute Gasteiger partial charge is 0.126 e. The molecule has 0 bridgehead atoms. The molecule has 0 fully saturated rings. The molecule has 0 aliphatic rings. The summed E-state index contributed by atoms with van der Waals surface area (Å²) in [6.07, 6.45) is 3.65. The zero-order valence-electron chi connectivity index (χ0n) is 8.76. The van der Waals surface area contributed by atoms with Crippen molar-refractivity contribution in [1.29, 1.82) is 0 Å². The van der Waals surface area contributed by atoms with E-state index < -0.39 is 6.10 Å². The van der Waals surface area contributed by atoms with Crippen LogP contribution >= 0.6 is 0 Å². The Morgan fingerprint density at radius 1 is 1.19 bits per heavy atom. The zero-order chi connectivity index (χ0) is 11.5.